The molecule has 5 N–H and O–H groups in total. The Hall–Kier alpha value is -4.14. The van der Waals surface area contributed by atoms with E-state index in [0.717, 1.165) is 37.4 Å². The van der Waals surface area contributed by atoms with Crippen molar-refractivity contribution in [2.45, 2.75) is 27.3 Å². The first-order valence-corrected chi connectivity index (χ1v) is 12.0. The summed E-state index contributed by atoms with van der Waals surface area (Å²) in [5, 5.41) is 30.0. The Kier molecular flexibility index (Phi) is 13.1. The van der Waals surface area contributed by atoms with Gasteiger partial charge in [0.15, 0.2) is 11.6 Å². The first kappa shape index (κ1) is 33.9. The number of carboxylic acids is 4. The molecule has 1 fully saturated rings. The van der Waals surface area contributed by atoms with Crippen molar-refractivity contribution in [2.75, 3.05) is 32.7 Å². The topological polar surface area (TPSA) is 206 Å². The van der Waals surface area contributed by atoms with Crippen molar-refractivity contribution in [3.05, 3.63) is 57.1 Å². The monoisotopic (exact) mass is 585 g/mol. The zero-order chi connectivity index (χ0) is 30.7. The van der Waals surface area contributed by atoms with Crippen molar-refractivity contribution >= 4 is 47.0 Å². The second-order valence-electron chi connectivity index (χ2n) is 8.58. The summed E-state index contributed by atoms with van der Waals surface area (Å²) in [6.45, 7) is 8.80. The number of carbonyl (C=O) groups is 6. The minimum Gasteiger partial charge on any atom is -0.473 e. The highest BCUT2D eigenvalue weighted by Crippen LogP contribution is 2.22. The van der Waals surface area contributed by atoms with Crippen molar-refractivity contribution in [1.82, 2.24) is 14.8 Å². The molecular weight excluding hydrogens is 557 g/mol. The van der Waals surface area contributed by atoms with E-state index in [-0.39, 0.29) is 17.4 Å². The number of halogens is 2. The fraction of sp³-hybridized carbons (Fsp3) is 0.360. The van der Waals surface area contributed by atoms with Crippen LogP contribution >= 0.6 is 11.6 Å². The van der Waals surface area contributed by atoms with E-state index in [9.17, 15) is 14.0 Å². The van der Waals surface area contributed by atoms with Crippen LogP contribution in [0.15, 0.2) is 18.2 Å². The maximum Gasteiger partial charge on any atom is 0.414 e. The number of H-pyrrole nitrogens is 1. The second-order valence-corrected chi connectivity index (χ2v) is 8.98. The number of piperazine rings is 1. The summed E-state index contributed by atoms with van der Waals surface area (Å²) in [6.07, 6.45) is 0. The molecule has 2 aromatic rings. The lowest BCUT2D eigenvalue weighted by molar-refractivity contribution is -0.159. The lowest BCUT2D eigenvalue weighted by Gasteiger charge is -2.34. The SMILES string of the molecule is CC(=O)c1c(C)[nH]c(C(=O)CN2CCN(Cc3c(F)cccc3Cl)CC2)c1C.O=C(O)C(=O)O.O=C(O)C(=O)O. The molecule has 15 heteroatoms. The Morgan fingerprint density at radius 2 is 1.35 bits per heavy atom. The molecule has 0 radical (unpaired) electrons. The van der Waals surface area contributed by atoms with Crippen LogP contribution in [-0.2, 0) is 25.7 Å². The number of hydrogen-bond acceptors (Lipinski definition) is 8. The molecule has 1 aromatic carbocycles. The van der Waals surface area contributed by atoms with Gasteiger partial charge in [0.2, 0.25) is 0 Å². The van der Waals surface area contributed by atoms with Crippen LogP contribution in [-0.4, -0.2) is 103 Å². The number of carboxylic acid groups (broad SMARTS) is 4. The summed E-state index contributed by atoms with van der Waals surface area (Å²) < 4.78 is 14.0. The van der Waals surface area contributed by atoms with E-state index in [1.165, 1.54) is 13.0 Å². The van der Waals surface area contributed by atoms with E-state index in [2.05, 4.69) is 14.8 Å². The van der Waals surface area contributed by atoms with Crippen LogP contribution in [0.4, 0.5) is 4.39 Å². The molecule has 1 aromatic heterocycles. The Balaban J connectivity index is 0.000000559. The molecular formula is C25H29ClFN3O10. The van der Waals surface area contributed by atoms with Gasteiger partial charge in [0, 0.05) is 54.6 Å². The molecule has 0 unspecified atom stereocenters. The lowest BCUT2D eigenvalue weighted by Crippen LogP contribution is -2.47. The third-order valence-corrected chi connectivity index (χ3v) is 6.06. The number of benzene rings is 1. The summed E-state index contributed by atoms with van der Waals surface area (Å²) >= 11 is 6.12. The summed E-state index contributed by atoms with van der Waals surface area (Å²) in [5.41, 5.74) is 3.10. The summed E-state index contributed by atoms with van der Waals surface area (Å²) in [7, 11) is 0. The van der Waals surface area contributed by atoms with Gasteiger partial charge in [0.05, 0.1) is 12.2 Å². The lowest BCUT2D eigenvalue weighted by atomic mass is 10.1. The molecule has 0 aliphatic carbocycles. The molecule has 0 bridgehead atoms. The van der Waals surface area contributed by atoms with Crippen LogP contribution < -0.4 is 0 Å². The number of nitrogens with zero attached hydrogens (tertiary/aromatic N) is 2. The number of Topliss-reactive ketones (excluding diaryl/α,β-unsaturated/α-hetero) is 2. The van der Waals surface area contributed by atoms with Gasteiger partial charge in [0.1, 0.15) is 5.82 Å². The highest BCUT2D eigenvalue weighted by atomic mass is 35.5. The molecule has 1 saturated heterocycles. The fourth-order valence-electron chi connectivity index (χ4n) is 3.85. The molecule has 40 heavy (non-hydrogen) atoms. The van der Waals surface area contributed by atoms with Gasteiger partial charge in [-0.2, -0.15) is 0 Å². The number of aromatic nitrogens is 1. The van der Waals surface area contributed by atoms with Gasteiger partial charge in [-0.1, -0.05) is 17.7 Å². The third-order valence-electron chi connectivity index (χ3n) is 5.71. The van der Waals surface area contributed by atoms with Crippen LogP contribution in [0.1, 0.15) is 44.6 Å². The molecule has 3 rings (SSSR count). The van der Waals surface area contributed by atoms with E-state index >= 15 is 0 Å². The zero-order valence-corrected chi connectivity index (χ0v) is 22.6. The number of nitrogens with one attached hydrogen (secondary N) is 1. The predicted molar refractivity (Wildman–Crippen MR) is 138 cm³/mol. The number of aliphatic carboxylic acids is 4. The van der Waals surface area contributed by atoms with E-state index < -0.39 is 23.9 Å². The molecule has 1 aliphatic rings. The van der Waals surface area contributed by atoms with E-state index in [1.54, 1.807) is 12.1 Å². The quantitative estimate of drug-likeness (QED) is 0.243. The van der Waals surface area contributed by atoms with E-state index in [4.69, 9.17) is 51.2 Å². The van der Waals surface area contributed by atoms with Gasteiger partial charge in [-0.05, 0) is 38.5 Å². The Labute approximate surface area is 232 Å². The molecule has 1 aliphatic heterocycles. The first-order chi connectivity index (χ1) is 18.6. The molecule has 218 valence electrons. The second kappa shape index (κ2) is 15.5. The molecule has 2 heterocycles. The third kappa shape index (κ3) is 10.2. The van der Waals surface area contributed by atoms with Gasteiger partial charge >= 0.3 is 23.9 Å². The van der Waals surface area contributed by atoms with Crippen LogP contribution in [0.25, 0.3) is 0 Å². The number of carbonyl (C=O) groups excluding carboxylic acids is 2. The van der Waals surface area contributed by atoms with Crippen LogP contribution in [0.3, 0.4) is 0 Å². The Morgan fingerprint density at radius 3 is 1.75 bits per heavy atom. The highest BCUT2D eigenvalue weighted by molar-refractivity contribution is 6.31. The van der Waals surface area contributed by atoms with Crippen molar-refractivity contribution in [1.29, 1.82) is 0 Å². The minimum atomic E-state index is -1.82. The maximum absolute atomic E-state index is 14.0. The van der Waals surface area contributed by atoms with Crippen molar-refractivity contribution in [2.24, 2.45) is 0 Å². The van der Waals surface area contributed by atoms with Gasteiger partial charge in [0.25, 0.3) is 0 Å². The molecule has 0 atom stereocenters. The number of hydrogen-bond donors (Lipinski definition) is 5. The predicted octanol–water partition coefficient (Wildman–Crippen LogP) is 1.94. The summed E-state index contributed by atoms with van der Waals surface area (Å²) in [6, 6.07) is 4.73. The first-order valence-electron chi connectivity index (χ1n) is 11.6. The maximum atomic E-state index is 14.0. The number of ketones is 2. The van der Waals surface area contributed by atoms with Crippen molar-refractivity contribution < 1.29 is 53.6 Å². The number of aryl methyl sites for hydroxylation is 1. The molecule has 0 spiro atoms. The van der Waals surface area contributed by atoms with Gasteiger partial charge in [-0.25, -0.2) is 23.6 Å². The smallest absolute Gasteiger partial charge is 0.414 e. The average molecular weight is 586 g/mol. The number of aromatic amines is 1. The molecule has 0 amide bonds. The molecule has 0 saturated carbocycles. The van der Waals surface area contributed by atoms with E-state index in [0.29, 0.717) is 34.9 Å². The standard InChI is InChI=1S/C21H25ClFN3O2.2C2H2O4/c1-13-20(15(3)27)14(2)24-21(13)19(28)12-26-9-7-25(8-10-26)11-16-17(22)5-4-6-18(16)23;2*3-1(4)2(5)6/h4-6,24H,7-12H2,1-3H3;2*(H,3,4)(H,5,6). The highest BCUT2D eigenvalue weighted by Gasteiger charge is 2.24. The van der Waals surface area contributed by atoms with Crippen molar-refractivity contribution in [3.8, 4) is 0 Å². The van der Waals surface area contributed by atoms with Crippen LogP contribution in [0.2, 0.25) is 5.02 Å². The minimum absolute atomic E-state index is 0.0151. The van der Waals surface area contributed by atoms with Crippen LogP contribution in [0.5, 0.6) is 0 Å². The average Bonchev–Trinajstić information content (AvgIpc) is 3.17. The fourth-order valence-corrected chi connectivity index (χ4v) is 4.07. The Morgan fingerprint density at radius 1 is 0.875 bits per heavy atom. The Bertz CT molecular complexity index is 1220. The zero-order valence-electron chi connectivity index (χ0n) is 21.9. The van der Waals surface area contributed by atoms with E-state index in [1.807, 2.05) is 13.8 Å². The molecule has 13 nitrogen and oxygen atoms in total. The van der Waals surface area contributed by atoms with Gasteiger partial charge in [-0.3, -0.25) is 19.4 Å². The number of rotatable bonds is 6. The summed E-state index contributed by atoms with van der Waals surface area (Å²) in [5.74, 6) is -7.64. The van der Waals surface area contributed by atoms with Crippen LogP contribution in [0, 0.1) is 19.7 Å². The normalized spacial score (nSPS) is 13.2. The largest absolute Gasteiger partial charge is 0.473 e. The van der Waals surface area contributed by atoms with Gasteiger partial charge < -0.3 is 25.4 Å². The van der Waals surface area contributed by atoms with Gasteiger partial charge in [-0.15, -0.1) is 0 Å². The summed E-state index contributed by atoms with van der Waals surface area (Å²) in [4.78, 5) is 68.2. The van der Waals surface area contributed by atoms with Crippen molar-refractivity contribution in [3.63, 3.8) is 0 Å².